The van der Waals surface area contributed by atoms with E-state index in [-0.39, 0.29) is 24.3 Å². The Morgan fingerprint density at radius 2 is 1.58 bits per heavy atom. The van der Waals surface area contributed by atoms with E-state index in [1.807, 2.05) is 104 Å². The summed E-state index contributed by atoms with van der Waals surface area (Å²) in [6.07, 6.45) is 7.24. The molecule has 7 rings (SSSR count). The Kier molecular flexibility index (Phi) is 10.2. The highest BCUT2D eigenvalue weighted by Crippen LogP contribution is 2.43. The van der Waals surface area contributed by atoms with Crippen LogP contribution in [0.4, 0.5) is 5.69 Å². The van der Waals surface area contributed by atoms with Crippen molar-refractivity contribution in [2.45, 2.75) is 32.9 Å². The molecular formula is C42H42N6O4. The first-order valence-electron chi connectivity index (χ1n) is 17.6. The van der Waals surface area contributed by atoms with Crippen molar-refractivity contribution in [1.29, 1.82) is 0 Å². The molecule has 0 spiro atoms. The standard InChI is InChI=1S/C42H42N6O4/c1-3-38(49)45-23-30-14-16-37(40(41(30)52-2)34-25-44-35-12-8-7-11-31(34)35)47-39(50)26-48-19-17-28(18-20-48)33-24-43-36-15-13-29(21-32(33)36)42(51)46-22-27-9-5-4-6-10-27/h4-17,21,24-25,43-44H,3,18-20,22-23,26H2,1-2H3,(H,45,49)(H,46,51)(H,47,50). The lowest BCUT2D eigenvalue weighted by Crippen LogP contribution is -2.36. The number of carbonyl (C=O) groups excluding carboxylic acids is 3. The van der Waals surface area contributed by atoms with Gasteiger partial charge in [-0.15, -0.1) is 0 Å². The SMILES string of the molecule is CCC(=O)NCc1ccc(NC(=O)CN2CC=C(c3c[nH]c4ccc(C(=O)NCc5ccccc5)cc34)CC2)c(-c2c[nH]c3ccccc23)c1OC. The lowest BCUT2D eigenvalue weighted by Gasteiger charge is -2.26. The number of fused-ring (bicyclic) bond motifs is 2. The van der Waals surface area contributed by atoms with Crippen molar-refractivity contribution in [2.24, 2.45) is 0 Å². The normalized spacial score (nSPS) is 13.2. The minimum Gasteiger partial charge on any atom is -0.496 e. The molecule has 0 unspecified atom stereocenters. The number of H-pyrrole nitrogens is 2. The van der Waals surface area contributed by atoms with Gasteiger partial charge in [0.25, 0.3) is 5.91 Å². The third-order valence-electron chi connectivity index (χ3n) is 9.62. The van der Waals surface area contributed by atoms with Gasteiger partial charge in [0.2, 0.25) is 11.8 Å². The van der Waals surface area contributed by atoms with Crippen LogP contribution in [0.1, 0.15) is 46.8 Å². The largest absolute Gasteiger partial charge is 0.496 e. The maximum absolute atomic E-state index is 13.6. The molecule has 3 amide bonds. The highest BCUT2D eigenvalue weighted by molar-refractivity contribution is 6.05. The summed E-state index contributed by atoms with van der Waals surface area (Å²) in [5, 5.41) is 11.1. The van der Waals surface area contributed by atoms with E-state index in [0.29, 0.717) is 49.6 Å². The van der Waals surface area contributed by atoms with Crippen molar-refractivity contribution in [3.05, 3.63) is 126 Å². The van der Waals surface area contributed by atoms with Crippen LogP contribution in [0.15, 0.2) is 103 Å². The predicted octanol–water partition coefficient (Wildman–Crippen LogP) is 7.01. The van der Waals surface area contributed by atoms with Crippen LogP contribution in [-0.2, 0) is 22.7 Å². The van der Waals surface area contributed by atoms with E-state index in [1.54, 1.807) is 7.11 Å². The van der Waals surface area contributed by atoms with Gasteiger partial charge in [-0.2, -0.15) is 0 Å². The summed E-state index contributed by atoms with van der Waals surface area (Å²) in [5.74, 6) is 0.296. The molecule has 4 aromatic carbocycles. The van der Waals surface area contributed by atoms with Gasteiger partial charge in [0.1, 0.15) is 5.75 Å². The minimum absolute atomic E-state index is 0.0526. The molecule has 10 nitrogen and oxygen atoms in total. The Balaban J connectivity index is 1.06. The Labute approximate surface area is 302 Å². The molecule has 1 aliphatic rings. The molecule has 5 N–H and O–H groups in total. The molecule has 0 fully saturated rings. The number of ether oxygens (including phenoxy) is 1. The van der Waals surface area contributed by atoms with Gasteiger partial charge in [0.05, 0.1) is 19.3 Å². The van der Waals surface area contributed by atoms with E-state index in [9.17, 15) is 14.4 Å². The maximum atomic E-state index is 13.6. The molecule has 1 aliphatic heterocycles. The van der Waals surface area contributed by atoms with Gasteiger partial charge in [-0.3, -0.25) is 19.3 Å². The van der Waals surface area contributed by atoms with Crippen molar-refractivity contribution < 1.29 is 19.1 Å². The molecule has 0 aliphatic carbocycles. The molecule has 6 aromatic rings. The van der Waals surface area contributed by atoms with Crippen molar-refractivity contribution in [3.63, 3.8) is 0 Å². The number of aromatic nitrogens is 2. The number of methoxy groups -OCH3 is 1. The number of carbonyl (C=O) groups is 3. The van der Waals surface area contributed by atoms with Gasteiger partial charge in [-0.1, -0.05) is 67.6 Å². The highest BCUT2D eigenvalue weighted by Gasteiger charge is 2.23. The molecule has 10 heteroatoms. The van der Waals surface area contributed by atoms with Crippen LogP contribution in [0, 0.1) is 0 Å². The molecule has 0 saturated carbocycles. The number of nitrogens with one attached hydrogen (secondary N) is 5. The quantitative estimate of drug-likeness (QED) is 0.0941. The summed E-state index contributed by atoms with van der Waals surface area (Å²) < 4.78 is 5.96. The molecule has 3 heterocycles. The highest BCUT2D eigenvalue weighted by atomic mass is 16.5. The second-order valence-corrected chi connectivity index (χ2v) is 13.0. The van der Waals surface area contributed by atoms with E-state index in [1.165, 1.54) is 5.57 Å². The predicted molar refractivity (Wildman–Crippen MR) is 206 cm³/mol. The summed E-state index contributed by atoms with van der Waals surface area (Å²) in [7, 11) is 1.61. The Morgan fingerprint density at radius 3 is 2.35 bits per heavy atom. The Bertz CT molecular complexity index is 2290. The minimum atomic E-state index is -0.134. The van der Waals surface area contributed by atoms with E-state index in [0.717, 1.165) is 56.0 Å². The van der Waals surface area contributed by atoms with Gasteiger partial charge in [0.15, 0.2) is 0 Å². The first-order valence-corrected chi connectivity index (χ1v) is 17.6. The van der Waals surface area contributed by atoms with Crippen molar-refractivity contribution in [3.8, 4) is 16.9 Å². The fraction of sp³-hybridized carbons (Fsp3) is 0.214. The first-order chi connectivity index (χ1) is 25.4. The van der Waals surface area contributed by atoms with Gasteiger partial charge in [0, 0.05) is 94.6 Å². The lowest BCUT2D eigenvalue weighted by atomic mass is 9.97. The number of hydrogen-bond donors (Lipinski definition) is 5. The van der Waals surface area contributed by atoms with Gasteiger partial charge < -0.3 is 30.7 Å². The fourth-order valence-electron chi connectivity index (χ4n) is 6.87. The number of benzene rings is 4. The van der Waals surface area contributed by atoms with E-state index < -0.39 is 0 Å². The third-order valence-corrected chi connectivity index (χ3v) is 9.62. The smallest absolute Gasteiger partial charge is 0.251 e. The molecule has 0 saturated heterocycles. The zero-order valence-corrected chi connectivity index (χ0v) is 29.3. The molecule has 0 bridgehead atoms. The van der Waals surface area contributed by atoms with Crippen molar-refractivity contribution in [1.82, 2.24) is 25.5 Å². The van der Waals surface area contributed by atoms with Crippen LogP contribution < -0.4 is 20.7 Å². The summed E-state index contributed by atoms with van der Waals surface area (Å²) in [6.45, 7) is 4.12. The second-order valence-electron chi connectivity index (χ2n) is 13.0. The zero-order chi connectivity index (χ0) is 36.0. The number of aromatic amines is 2. The molecule has 2 aromatic heterocycles. The van der Waals surface area contributed by atoms with Crippen LogP contribution in [0.2, 0.25) is 0 Å². The van der Waals surface area contributed by atoms with E-state index >= 15 is 0 Å². The van der Waals surface area contributed by atoms with Crippen molar-refractivity contribution >= 4 is 50.8 Å². The molecule has 0 radical (unpaired) electrons. The fourth-order valence-corrected chi connectivity index (χ4v) is 6.87. The average Bonchev–Trinajstić information content (AvgIpc) is 3.81. The number of nitrogens with zero attached hydrogens (tertiary/aromatic N) is 1. The second kappa shape index (κ2) is 15.4. The monoisotopic (exact) mass is 694 g/mol. The summed E-state index contributed by atoms with van der Waals surface area (Å²) in [6, 6.07) is 27.4. The number of anilines is 1. The third kappa shape index (κ3) is 7.33. The van der Waals surface area contributed by atoms with Gasteiger partial charge in [-0.05, 0) is 47.9 Å². The summed E-state index contributed by atoms with van der Waals surface area (Å²) in [5.41, 5.74) is 8.95. The average molecular weight is 695 g/mol. The zero-order valence-electron chi connectivity index (χ0n) is 29.3. The molecular weight excluding hydrogens is 652 g/mol. The van der Waals surface area contributed by atoms with Crippen molar-refractivity contribution in [2.75, 3.05) is 32.1 Å². The molecule has 52 heavy (non-hydrogen) atoms. The van der Waals surface area contributed by atoms with Crippen LogP contribution >= 0.6 is 0 Å². The Hall–Kier alpha value is -6.13. The number of hydrogen-bond acceptors (Lipinski definition) is 5. The number of amides is 3. The van der Waals surface area contributed by atoms with Crippen LogP contribution in [0.25, 0.3) is 38.5 Å². The van der Waals surface area contributed by atoms with Gasteiger partial charge in [-0.25, -0.2) is 0 Å². The van der Waals surface area contributed by atoms with Crippen LogP contribution in [0.5, 0.6) is 5.75 Å². The number of para-hydroxylation sites is 1. The summed E-state index contributed by atoms with van der Waals surface area (Å²) in [4.78, 5) is 47.5. The first kappa shape index (κ1) is 34.3. The summed E-state index contributed by atoms with van der Waals surface area (Å²) >= 11 is 0. The van der Waals surface area contributed by atoms with Crippen LogP contribution in [-0.4, -0.2) is 59.3 Å². The maximum Gasteiger partial charge on any atom is 0.251 e. The number of rotatable bonds is 12. The molecule has 264 valence electrons. The Morgan fingerprint density at radius 1 is 0.808 bits per heavy atom. The lowest BCUT2D eigenvalue weighted by molar-refractivity contribution is -0.121. The van der Waals surface area contributed by atoms with E-state index in [2.05, 4.69) is 36.9 Å². The van der Waals surface area contributed by atoms with Crippen LogP contribution in [0.3, 0.4) is 0 Å². The van der Waals surface area contributed by atoms with Gasteiger partial charge >= 0.3 is 0 Å². The topological polar surface area (TPSA) is 131 Å². The van der Waals surface area contributed by atoms with E-state index in [4.69, 9.17) is 4.74 Å². The molecule has 0 atom stereocenters.